The average Bonchev–Trinajstić information content (AvgIpc) is 3.08. The van der Waals surface area contributed by atoms with E-state index in [1.165, 1.54) is 19.4 Å². The number of benzene rings is 2. The maximum Gasteiger partial charge on any atom is 0.347 e. The minimum atomic E-state index is -1.27. The van der Waals surface area contributed by atoms with Crippen molar-refractivity contribution in [2.24, 2.45) is 0 Å². The van der Waals surface area contributed by atoms with Crippen molar-refractivity contribution in [2.45, 2.75) is 84.9 Å². The van der Waals surface area contributed by atoms with E-state index in [2.05, 4.69) is 45.0 Å². The summed E-state index contributed by atoms with van der Waals surface area (Å²) in [6.45, 7) is 12.9. The quantitative estimate of drug-likeness (QED) is 0.422. The van der Waals surface area contributed by atoms with Crippen LogP contribution in [0.2, 0.25) is 0 Å². The van der Waals surface area contributed by atoms with E-state index < -0.39 is 11.6 Å². The zero-order chi connectivity index (χ0) is 25.8. The van der Waals surface area contributed by atoms with Crippen LogP contribution in [0.3, 0.4) is 0 Å². The van der Waals surface area contributed by atoms with E-state index >= 15 is 0 Å². The monoisotopic (exact) mass is 478 g/mol. The Balaban J connectivity index is 1.62. The topological polar surface area (TPSA) is 73.5 Å². The summed E-state index contributed by atoms with van der Waals surface area (Å²) in [5.74, 6) is -0.467. The molecule has 0 amide bonds. The highest BCUT2D eigenvalue weighted by molar-refractivity contribution is 5.76. The summed E-state index contributed by atoms with van der Waals surface area (Å²) in [4.78, 5) is 24.2. The lowest BCUT2D eigenvalue weighted by molar-refractivity contribution is -0.152. The zero-order valence-corrected chi connectivity index (χ0v) is 21.8. The molecule has 0 radical (unpaired) electrons. The van der Waals surface area contributed by atoms with Gasteiger partial charge in [-0.15, -0.1) is 0 Å². The molecular weight excluding hydrogens is 440 g/mol. The molecule has 0 saturated carbocycles. The molecule has 1 N–H and O–H groups in total. The molecule has 0 atom stereocenters. The first-order chi connectivity index (χ1) is 16.4. The predicted molar refractivity (Wildman–Crippen MR) is 139 cm³/mol. The number of imidazole rings is 1. The minimum Gasteiger partial charge on any atom is -0.478 e. The fourth-order valence-electron chi connectivity index (χ4n) is 4.08. The third-order valence-corrected chi connectivity index (χ3v) is 6.33. The van der Waals surface area contributed by atoms with Crippen molar-refractivity contribution in [3.63, 3.8) is 0 Å². The van der Waals surface area contributed by atoms with Crippen LogP contribution in [0.25, 0.3) is 0 Å². The molecule has 0 saturated heterocycles. The van der Waals surface area contributed by atoms with E-state index in [4.69, 9.17) is 4.74 Å². The highest BCUT2D eigenvalue weighted by Crippen LogP contribution is 2.23. The fourth-order valence-corrected chi connectivity index (χ4v) is 4.08. The van der Waals surface area contributed by atoms with Crippen molar-refractivity contribution in [1.29, 1.82) is 0 Å². The average molecular weight is 479 g/mol. The van der Waals surface area contributed by atoms with E-state index in [1.807, 2.05) is 42.0 Å². The number of carboxylic acid groups (broad SMARTS) is 1. The smallest absolute Gasteiger partial charge is 0.347 e. The molecule has 6 heteroatoms. The molecule has 0 bridgehead atoms. The molecule has 3 rings (SSSR count). The number of hydrogen-bond donors (Lipinski definition) is 1. The van der Waals surface area contributed by atoms with Gasteiger partial charge >= 0.3 is 11.7 Å². The van der Waals surface area contributed by atoms with Gasteiger partial charge in [0.25, 0.3) is 0 Å². The number of nitrogens with zero attached hydrogens (tertiary/aromatic N) is 2. The molecule has 2 aromatic carbocycles. The Morgan fingerprint density at radius 1 is 0.914 bits per heavy atom. The van der Waals surface area contributed by atoms with E-state index in [0.717, 1.165) is 36.1 Å². The van der Waals surface area contributed by atoms with Crippen LogP contribution in [0.1, 0.15) is 70.3 Å². The molecule has 6 nitrogen and oxygen atoms in total. The largest absolute Gasteiger partial charge is 0.478 e. The first kappa shape index (κ1) is 26.3. The molecule has 3 aromatic rings. The second kappa shape index (κ2) is 10.5. The Morgan fingerprint density at radius 2 is 1.51 bits per heavy atom. The van der Waals surface area contributed by atoms with Crippen molar-refractivity contribution in [3.8, 4) is 5.75 Å². The number of carbonyl (C=O) groups is 1. The molecule has 1 aromatic heterocycles. The second-order valence-electron chi connectivity index (χ2n) is 10.6. The SMILES string of the molecule is CCn1c(CCCc2ccc(OC(C)(C)C(=O)O)cc2)cn(Cc2ccc(C(C)(C)C)cc2)c1=O. The Morgan fingerprint density at radius 3 is 2.06 bits per heavy atom. The highest BCUT2D eigenvalue weighted by Gasteiger charge is 2.29. The third-order valence-electron chi connectivity index (χ3n) is 6.33. The van der Waals surface area contributed by atoms with Gasteiger partial charge in [0, 0.05) is 18.4 Å². The van der Waals surface area contributed by atoms with Crippen molar-refractivity contribution in [2.75, 3.05) is 0 Å². The Labute approximate surface area is 208 Å². The van der Waals surface area contributed by atoms with Gasteiger partial charge in [-0.05, 0) is 74.3 Å². The molecule has 1 heterocycles. The summed E-state index contributed by atoms with van der Waals surface area (Å²) in [6.07, 6.45) is 4.57. The normalized spacial score (nSPS) is 12.1. The molecule has 0 unspecified atom stereocenters. The number of aromatic nitrogens is 2. The maximum atomic E-state index is 13.0. The van der Waals surface area contributed by atoms with Gasteiger partial charge in [0.2, 0.25) is 0 Å². The molecule has 0 spiro atoms. The van der Waals surface area contributed by atoms with E-state index in [1.54, 1.807) is 4.57 Å². The number of ether oxygens (including phenoxy) is 1. The lowest BCUT2D eigenvalue weighted by atomic mass is 9.87. The molecule has 0 aliphatic carbocycles. The summed E-state index contributed by atoms with van der Waals surface area (Å²) < 4.78 is 9.23. The minimum absolute atomic E-state index is 0.0324. The van der Waals surface area contributed by atoms with E-state index in [-0.39, 0.29) is 11.1 Å². The van der Waals surface area contributed by atoms with Crippen LogP contribution in [-0.4, -0.2) is 25.8 Å². The summed E-state index contributed by atoms with van der Waals surface area (Å²) in [5.41, 5.74) is 3.47. The fraction of sp³-hybridized carbons (Fsp3) is 0.448. The van der Waals surface area contributed by atoms with Crippen molar-refractivity contribution in [3.05, 3.63) is 87.6 Å². The standard InChI is InChI=1S/C29H38N2O4/c1-7-31-24(10-8-9-21-13-17-25(18-14-21)35-29(5,6)26(32)33)20-30(27(31)34)19-22-11-15-23(16-12-22)28(2,3)4/h11-18,20H,7-10,19H2,1-6H3,(H,32,33). The van der Waals surface area contributed by atoms with Crippen LogP contribution in [0.4, 0.5) is 0 Å². The predicted octanol–water partition coefficient (Wildman–Crippen LogP) is 5.43. The lowest BCUT2D eigenvalue weighted by Crippen LogP contribution is -2.37. The highest BCUT2D eigenvalue weighted by atomic mass is 16.5. The van der Waals surface area contributed by atoms with Crippen LogP contribution in [0, 0.1) is 0 Å². The lowest BCUT2D eigenvalue weighted by Gasteiger charge is -2.21. The van der Waals surface area contributed by atoms with Gasteiger partial charge in [0.1, 0.15) is 5.75 Å². The molecule has 188 valence electrons. The van der Waals surface area contributed by atoms with Gasteiger partial charge in [-0.3, -0.25) is 9.13 Å². The number of carboxylic acids is 1. The Hall–Kier alpha value is -3.28. The van der Waals surface area contributed by atoms with Crippen LogP contribution in [0.15, 0.2) is 59.5 Å². The molecule has 35 heavy (non-hydrogen) atoms. The number of aliphatic carboxylic acids is 1. The summed E-state index contributed by atoms with van der Waals surface area (Å²) in [5, 5.41) is 9.22. The van der Waals surface area contributed by atoms with E-state index in [0.29, 0.717) is 18.8 Å². The summed E-state index contributed by atoms with van der Waals surface area (Å²) in [7, 11) is 0. The van der Waals surface area contributed by atoms with Gasteiger partial charge in [-0.2, -0.15) is 0 Å². The van der Waals surface area contributed by atoms with Crippen molar-refractivity contribution < 1.29 is 14.6 Å². The second-order valence-corrected chi connectivity index (χ2v) is 10.6. The van der Waals surface area contributed by atoms with E-state index in [9.17, 15) is 14.7 Å². The van der Waals surface area contributed by atoms with Crippen LogP contribution in [-0.2, 0) is 36.1 Å². The molecular formula is C29H38N2O4. The van der Waals surface area contributed by atoms with Crippen molar-refractivity contribution in [1.82, 2.24) is 9.13 Å². The zero-order valence-electron chi connectivity index (χ0n) is 21.8. The molecule has 0 aliphatic rings. The Bertz CT molecular complexity index is 1190. The first-order valence-electron chi connectivity index (χ1n) is 12.3. The van der Waals surface area contributed by atoms with Crippen molar-refractivity contribution >= 4 is 5.97 Å². The number of hydrogen-bond acceptors (Lipinski definition) is 3. The Kier molecular flexibility index (Phi) is 7.93. The van der Waals surface area contributed by atoms with Gasteiger partial charge in [0.05, 0.1) is 6.54 Å². The van der Waals surface area contributed by atoms with Crippen LogP contribution >= 0.6 is 0 Å². The summed E-state index contributed by atoms with van der Waals surface area (Å²) >= 11 is 0. The third kappa shape index (κ3) is 6.65. The van der Waals surface area contributed by atoms with Crippen LogP contribution < -0.4 is 10.4 Å². The number of rotatable bonds is 10. The van der Waals surface area contributed by atoms with Gasteiger partial charge < -0.3 is 9.84 Å². The van der Waals surface area contributed by atoms with Gasteiger partial charge in [-0.25, -0.2) is 9.59 Å². The van der Waals surface area contributed by atoms with Gasteiger partial charge in [0.15, 0.2) is 5.60 Å². The first-order valence-corrected chi connectivity index (χ1v) is 12.3. The number of aryl methyl sites for hydroxylation is 2. The summed E-state index contributed by atoms with van der Waals surface area (Å²) in [6, 6.07) is 16.1. The van der Waals surface area contributed by atoms with Crippen LogP contribution in [0.5, 0.6) is 5.75 Å². The molecule has 0 aliphatic heterocycles. The maximum absolute atomic E-state index is 13.0. The van der Waals surface area contributed by atoms with Gasteiger partial charge in [-0.1, -0.05) is 57.2 Å². The molecule has 0 fully saturated rings.